The molecule has 0 aliphatic carbocycles. The number of rotatable bonds is 14. The van der Waals surface area contributed by atoms with Crippen molar-refractivity contribution in [3.63, 3.8) is 0 Å². The highest BCUT2D eigenvalue weighted by Crippen LogP contribution is 2.11. The van der Waals surface area contributed by atoms with E-state index in [1.54, 1.807) is 0 Å². The topological polar surface area (TPSA) is 8.81 Å². The van der Waals surface area contributed by atoms with Gasteiger partial charge in [0, 0.05) is 6.42 Å². The molecule has 0 spiro atoms. The van der Waals surface area contributed by atoms with Gasteiger partial charge in [-0.3, -0.25) is 0 Å². The molecule has 0 unspecified atom stereocenters. The lowest BCUT2D eigenvalue weighted by atomic mass is 10.1. The van der Waals surface area contributed by atoms with Gasteiger partial charge in [-0.05, 0) is 31.7 Å². The van der Waals surface area contributed by atoms with Crippen molar-refractivity contribution in [1.82, 2.24) is 4.57 Å². The molecule has 0 bridgehead atoms. The third kappa shape index (κ3) is 7.35. The first kappa shape index (κ1) is 20.7. The van der Waals surface area contributed by atoms with Gasteiger partial charge in [0.25, 0.3) is 5.82 Å². The largest absolute Gasteiger partial charge is 0.256 e. The lowest BCUT2D eigenvalue weighted by Crippen LogP contribution is -2.37. The summed E-state index contributed by atoms with van der Waals surface area (Å²) in [5, 5.41) is 0. The Bertz CT molecular complexity index is 586. The van der Waals surface area contributed by atoms with E-state index in [1.165, 1.54) is 82.0 Å². The molecule has 0 fully saturated rings. The third-order valence-electron chi connectivity index (χ3n) is 5.39. The number of hydrogen-bond donors (Lipinski definition) is 0. The van der Waals surface area contributed by atoms with Crippen LogP contribution in [0.1, 0.15) is 83.0 Å². The van der Waals surface area contributed by atoms with E-state index in [-0.39, 0.29) is 0 Å². The minimum Gasteiger partial charge on any atom is -0.235 e. The molecule has 2 nitrogen and oxygen atoms in total. The molecule has 0 aliphatic rings. The van der Waals surface area contributed by atoms with Crippen LogP contribution in [-0.2, 0) is 25.9 Å². The number of hydrogen-bond acceptors (Lipinski definition) is 0. The molecule has 0 amide bonds. The predicted octanol–water partition coefficient (Wildman–Crippen LogP) is 6.11. The number of nitrogens with zero attached hydrogens (tertiary/aromatic N) is 2. The number of benzene rings is 1. The molecule has 2 rings (SSSR count). The van der Waals surface area contributed by atoms with Crippen molar-refractivity contribution in [3.8, 4) is 0 Å². The lowest BCUT2D eigenvalue weighted by Gasteiger charge is -2.05. The van der Waals surface area contributed by atoms with Crippen LogP contribution in [-0.4, -0.2) is 4.57 Å². The summed E-state index contributed by atoms with van der Waals surface area (Å²) in [6, 6.07) is 10.9. The van der Waals surface area contributed by atoms with E-state index in [4.69, 9.17) is 0 Å². The zero-order valence-electron chi connectivity index (χ0n) is 17.1. The van der Waals surface area contributed by atoms with Gasteiger partial charge < -0.3 is 0 Å². The van der Waals surface area contributed by atoms with E-state index in [0.29, 0.717) is 0 Å². The maximum atomic E-state index is 2.49. The fourth-order valence-electron chi connectivity index (χ4n) is 3.79. The van der Waals surface area contributed by atoms with Crippen molar-refractivity contribution in [2.75, 3.05) is 0 Å². The highest BCUT2D eigenvalue weighted by atomic mass is 15.1. The molecule has 0 saturated heterocycles. The monoisotopic (exact) mass is 355 g/mol. The fourth-order valence-corrected chi connectivity index (χ4v) is 3.79. The molecule has 0 radical (unpaired) electrons. The van der Waals surface area contributed by atoms with Crippen LogP contribution in [0.3, 0.4) is 0 Å². The van der Waals surface area contributed by atoms with Gasteiger partial charge >= 0.3 is 0 Å². The quantitative estimate of drug-likeness (QED) is 0.285. The SMILES string of the molecule is CCCCCCCCCCc1n(CC)cc[n+]1CCCc1ccccc1. The van der Waals surface area contributed by atoms with Crippen molar-refractivity contribution in [1.29, 1.82) is 0 Å². The van der Waals surface area contributed by atoms with Gasteiger partial charge in [-0.2, -0.15) is 0 Å². The maximum Gasteiger partial charge on any atom is 0.256 e. The van der Waals surface area contributed by atoms with E-state index >= 15 is 0 Å². The molecule has 1 aromatic heterocycles. The van der Waals surface area contributed by atoms with Crippen LogP contribution in [0.25, 0.3) is 0 Å². The van der Waals surface area contributed by atoms with Crippen LogP contribution in [0.4, 0.5) is 0 Å². The molecule has 0 atom stereocenters. The van der Waals surface area contributed by atoms with Crippen LogP contribution in [0, 0.1) is 0 Å². The van der Waals surface area contributed by atoms with Crippen LogP contribution >= 0.6 is 0 Å². The van der Waals surface area contributed by atoms with Gasteiger partial charge in [0.2, 0.25) is 0 Å². The Kier molecular flexibility index (Phi) is 10.2. The van der Waals surface area contributed by atoms with E-state index in [0.717, 1.165) is 13.1 Å². The standard InChI is InChI=1S/C24H39N2/c1-3-5-6-7-8-9-10-14-19-24-25(4-2)21-22-26(24)20-15-18-23-16-12-11-13-17-23/h11-13,16-17,21-22H,3-10,14-15,18-20H2,1-2H3/q+1. The third-order valence-corrected chi connectivity index (χ3v) is 5.39. The second kappa shape index (κ2) is 12.7. The summed E-state index contributed by atoms with van der Waals surface area (Å²) < 4.78 is 4.93. The van der Waals surface area contributed by atoms with E-state index in [9.17, 15) is 0 Å². The highest BCUT2D eigenvalue weighted by Gasteiger charge is 2.15. The van der Waals surface area contributed by atoms with Crippen molar-refractivity contribution >= 4 is 0 Å². The Balaban J connectivity index is 1.72. The Morgan fingerprint density at radius 3 is 2.15 bits per heavy atom. The van der Waals surface area contributed by atoms with Gasteiger partial charge in [-0.1, -0.05) is 82.2 Å². The average Bonchev–Trinajstić information content (AvgIpc) is 3.06. The Morgan fingerprint density at radius 1 is 0.769 bits per heavy atom. The van der Waals surface area contributed by atoms with E-state index in [2.05, 4.69) is 65.7 Å². The predicted molar refractivity (Wildman–Crippen MR) is 111 cm³/mol. The molecular formula is C24H39N2+. The van der Waals surface area contributed by atoms with Crippen LogP contribution in [0.15, 0.2) is 42.7 Å². The van der Waals surface area contributed by atoms with E-state index < -0.39 is 0 Å². The summed E-state index contributed by atoms with van der Waals surface area (Å²) in [5.41, 5.74) is 1.45. The van der Waals surface area contributed by atoms with Crippen molar-refractivity contribution in [2.24, 2.45) is 0 Å². The Morgan fingerprint density at radius 2 is 1.46 bits per heavy atom. The molecule has 2 aromatic rings. The molecule has 2 heteroatoms. The van der Waals surface area contributed by atoms with Crippen molar-refractivity contribution in [3.05, 3.63) is 54.1 Å². The van der Waals surface area contributed by atoms with Crippen LogP contribution in [0.2, 0.25) is 0 Å². The molecule has 26 heavy (non-hydrogen) atoms. The molecule has 0 aliphatic heterocycles. The zero-order valence-corrected chi connectivity index (χ0v) is 17.1. The molecule has 1 aromatic carbocycles. The summed E-state index contributed by atoms with van der Waals surface area (Å²) in [7, 11) is 0. The Hall–Kier alpha value is -1.57. The van der Waals surface area contributed by atoms with Gasteiger partial charge in [-0.25, -0.2) is 9.13 Å². The normalized spacial score (nSPS) is 11.2. The molecule has 1 heterocycles. The zero-order chi connectivity index (χ0) is 18.5. The minimum absolute atomic E-state index is 1.08. The minimum atomic E-state index is 1.08. The highest BCUT2D eigenvalue weighted by molar-refractivity contribution is 5.14. The second-order valence-corrected chi connectivity index (χ2v) is 7.51. The van der Waals surface area contributed by atoms with Crippen molar-refractivity contribution < 1.29 is 4.57 Å². The van der Waals surface area contributed by atoms with E-state index in [1.807, 2.05) is 0 Å². The summed E-state index contributed by atoms with van der Waals surface area (Å²) in [6.07, 6.45) is 19.3. The van der Waals surface area contributed by atoms with Gasteiger partial charge in [0.1, 0.15) is 12.4 Å². The van der Waals surface area contributed by atoms with Crippen LogP contribution in [0.5, 0.6) is 0 Å². The number of unbranched alkanes of at least 4 members (excludes halogenated alkanes) is 7. The molecule has 0 saturated carbocycles. The summed E-state index contributed by atoms with van der Waals surface area (Å²) in [4.78, 5) is 0. The number of aromatic nitrogens is 2. The second-order valence-electron chi connectivity index (χ2n) is 7.51. The molecular weight excluding hydrogens is 316 g/mol. The summed E-state index contributed by atoms with van der Waals surface area (Å²) >= 11 is 0. The number of aryl methyl sites for hydroxylation is 3. The first-order valence-corrected chi connectivity index (χ1v) is 11.0. The first-order chi connectivity index (χ1) is 12.8. The average molecular weight is 356 g/mol. The number of imidazole rings is 1. The maximum absolute atomic E-state index is 2.49. The summed E-state index contributed by atoms with van der Waals surface area (Å²) in [5.74, 6) is 1.52. The van der Waals surface area contributed by atoms with Gasteiger partial charge in [-0.15, -0.1) is 0 Å². The van der Waals surface area contributed by atoms with Crippen LogP contribution < -0.4 is 4.57 Å². The smallest absolute Gasteiger partial charge is 0.235 e. The van der Waals surface area contributed by atoms with Crippen molar-refractivity contribution in [2.45, 2.75) is 97.6 Å². The molecule has 0 N–H and O–H groups in total. The van der Waals surface area contributed by atoms with Gasteiger partial charge in [0.15, 0.2) is 0 Å². The first-order valence-electron chi connectivity index (χ1n) is 11.0. The lowest BCUT2D eigenvalue weighted by molar-refractivity contribution is -0.704. The fraction of sp³-hybridized carbons (Fsp3) is 0.625. The molecule has 144 valence electrons. The van der Waals surface area contributed by atoms with Gasteiger partial charge in [0.05, 0.1) is 13.1 Å². The Labute approximate surface area is 161 Å². The summed E-state index contributed by atoms with van der Waals surface area (Å²) in [6.45, 7) is 6.76.